The third-order valence-corrected chi connectivity index (χ3v) is 6.22. The summed E-state index contributed by atoms with van der Waals surface area (Å²) in [7, 11) is 2.02. The molecule has 0 radical (unpaired) electrons. The van der Waals surface area contributed by atoms with E-state index in [2.05, 4.69) is 15.2 Å². The first kappa shape index (κ1) is 19.5. The van der Waals surface area contributed by atoms with Crippen molar-refractivity contribution >= 4 is 16.9 Å². The van der Waals surface area contributed by atoms with E-state index in [4.69, 9.17) is 4.98 Å². The van der Waals surface area contributed by atoms with Crippen molar-refractivity contribution in [3.8, 4) is 0 Å². The van der Waals surface area contributed by atoms with Crippen molar-refractivity contribution in [2.24, 2.45) is 7.05 Å². The Labute approximate surface area is 180 Å². The summed E-state index contributed by atoms with van der Waals surface area (Å²) < 4.78 is 17.8. The Bertz CT molecular complexity index is 1220. The van der Waals surface area contributed by atoms with Crippen LogP contribution in [0, 0.1) is 5.82 Å². The number of aromatic nitrogens is 3. The maximum Gasteiger partial charge on any atom is 0.223 e. The van der Waals surface area contributed by atoms with Crippen molar-refractivity contribution in [1.29, 1.82) is 0 Å². The van der Waals surface area contributed by atoms with E-state index < -0.39 is 0 Å². The van der Waals surface area contributed by atoms with Crippen LogP contribution in [-0.2, 0) is 24.8 Å². The minimum Gasteiger partial charge on any atom is -0.348 e. The highest BCUT2D eigenvalue weighted by Gasteiger charge is 2.31. The van der Waals surface area contributed by atoms with Crippen LogP contribution in [0.5, 0.6) is 0 Å². The lowest BCUT2D eigenvalue weighted by atomic mass is 9.99. The number of benzene rings is 2. The van der Waals surface area contributed by atoms with Crippen molar-refractivity contribution in [2.75, 3.05) is 6.54 Å². The Morgan fingerprint density at radius 1 is 1.06 bits per heavy atom. The Morgan fingerprint density at radius 3 is 2.68 bits per heavy atom. The fourth-order valence-corrected chi connectivity index (χ4v) is 4.61. The van der Waals surface area contributed by atoms with E-state index >= 15 is 0 Å². The molecule has 1 aliphatic heterocycles. The van der Waals surface area contributed by atoms with Gasteiger partial charge in [0.25, 0.3) is 0 Å². The number of fused-ring (bicyclic) bond motifs is 2. The lowest BCUT2D eigenvalue weighted by Gasteiger charge is -2.37. The second kappa shape index (κ2) is 8.02. The van der Waals surface area contributed by atoms with Gasteiger partial charge in [-0.15, -0.1) is 0 Å². The largest absolute Gasteiger partial charge is 0.348 e. The molecule has 0 N–H and O–H groups in total. The topological polar surface area (TPSA) is 43.1 Å². The normalized spacial score (nSPS) is 15.9. The van der Waals surface area contributed by atoms with Crippen molar-refractivity contribution in [2.45, 2.75) is 31.8 Å². The molecule has 0 aliphatic carbocycles. The maximum absolute atomic E-state index is 13.5. The molecule has 1 unspecified atom stereocenters. The Morgan fingerprint density at radius 2 is 1.87 bits per heavy atom. The quantitative estimate of drug-likeness (QED) is 0.482. The Kier molecular flexibility index (Phi) is 5.06. The number of aryl methyl sites for hydroxylation is 2. The van der Waals surface area contributed by atoms with Crippen LogP contribution in [0.2, 0.25) is 0 Å². The van der Waals surface area contributed by atoms with Gasteiger partial charge in [-0.25, -0.2) is 9.37 Å². The van der Waals surface area contributed by atoms with Gasteiger partial charge in [0.2, 0.25) is 5.91 Å². The summed E-state index contributed by atoms with van der Waals surface area (Å²) in [4.78, 5) is 19.9. The summed E-state index contributed by atoms with van der Waals surface area (Å²) in [6.07, 6.45) is 3.99. The molecule has 1 aliphatic rings. The van der Waals surface area contributed by atoms with Crippen molar-refractivity contribution in [3.05, 3.63) is 89.8 Å². The molecule has 2 aromatic heterocycles. The van der Waals surface area contributed by atoms with E-state index in [1.54, 1.807) is 12.1 Å². The number of halogens is 1. The van der Waals surface area contributed by atoms with Crippen LogP contribution in [0.1, 0.15) is 36.0 Å². The third-order valence-electron chi connectivity index (χ3n) is 6.22. The van der Waals surface area contributed by atoms with Gasteiger partial charge in [-0.1, -0.05) is 24.3 Å². The first-order valence-electron chi connectivity index (χ1n) is 10.7. The average Bonchev–Trinajstić information content (AvgIpc) is 3.38. The van der Waals surface area contributed by atoms with Crippen molar-refractivity contribution in [1.82, 2.24) is 19.0 Å². The first-order chi connectivity index (χ1) is 15.1. The molecule has 0 fully saturated rings. The molecule has 158 valence electrons. The molecule has 5 rings (SSSR count). The van der Waals surface area contributed by atoms with E-state index in [1.807, 2.05) is 48.5 Å². The van der Waals surface area contributed by atoms with Crippen LogP contribution in [0.4, 0.5) is 4.39 Å². The van der Waals surface area contributed by atoms with Gasteiger partial charge in [-0.3, -0.25) is 4.79 Å². The van der Waals surface area contributed by atoms with E-state index in [0.717, 1.165) is 47.5 Å². The van der Waals surface area contributed by atoms with Gasteiger partial charge in [0, 0.05) is 44.9 Å². The van der Waals surface area contributed by atoms with Gasteiger partial charge >= 0.3 is 0 Å². The molecule has 1 amide bonds. The minimum atomic E-state index is -0.268. The molecule has 0 spiro atoms. The molecule has 3 heterocycles. The number of carbonyl (C=O) groups is 1. The van der Waals surface area contributed by atoms with Crippen molar-refractivity contribution in [3.63, 3.8) is 0 Å². The van der Waals surface area contributed by atoms with Gasteiger partial charge < -0.3 is 14.0 Å². The molecule has 5 nitrogen and oxygen atoms in total. The molecule has 0 saturated carbocycles. The summed E-state index contributed by atoms with van der Waals surface area (Å²) in [5, 5.41) is 0. The van der Waals surface area contributed by atoms with Crippen LogP contribution in [0.3, 0.4) is 0 Å². The lowest BCUT2D eigenvalue weighted by molar-refractivity contribution is -0.134. The molecule has 2 aromatic carbocycles. The number of rotatable bonds is 5. The predicted octanol–water partition coefficient (Wildman–Crippen LogP) is 4.47. The number of amides is 1. The molecule has 31 heavy (non-hydrogen) atoms. The predicted molar refractivity (Wildman–Crippen MR) is 118 cm³/mol. The summed E-state index contributed by atoms with van der Waals surface area (Å²) in [5.41, 5.74) is 4.10. The zero-order chi connectivity index (χ0) is 21.4. The van der Waals surface area contributed by atoms with Gasteiger partial charge in [0.1, 0.15) is 11.6 Å². The molecule has 0 saturated heterocycles. The second-order valence-corrected chi connectivity index (χ2v) is 8.10. The Balaban J connectivity index is 1.32. The third kappa shape index (κ3) is 3.63. The molecular formula is C25H25FN4O. The number of nitrogens with zero attached hydrogens (tertiary/aromatic N) is 4. The van der Waals surface area contributed by atoms with Crippen LogP contribution < -0.4 is 0 Å². The number of hydrogen-bond acceptors (Lipinski definition) is 2. The number of carbonyl (C=O) groups excluding carboxylic acids is 1. The maximum atomic E-state index is 13.5. The van der Waals surface area contributed by atoms with E-state index in [1.165, 1.54) is 12.1 Å². The van der Waals surface area contributed by atoms with Gasteiger partial charge in [-0.2, -0.15) is 0 Å². The fraction of sp³-hybridized carbons (Fsp3) is 0.280. The van der Waals surface area contributed by atoms with Crippen LogP contribution in [0.15, 0.2) is 66.9 Å². The summed E-state index contributed by atoms with van der Waals surface area (Å²) >= 11 is 0. The highest BCUT2D eigenvalue weighted by Crippen LogP contribution is 2.33. The van der Waals surface area contributed by atoms with Gasteiger partial charge in [-0.05, 0) is 48.4 Å². The zero-order valence-corrected chi connectivity index (χ0v) is 17.5. The van der Waals surface area contributed by atoms with E-state index in [9.17, 15) is 9.18 Å². The van der Waals surface area contributed by atoms with Gasteiger partial charge in [0.05, 0.1) is 17.1 Å². The Hall–Kier alpha value is -3.41. The average molecular weight is 417 g/mol. The van der Waals surface area contributed by atoms with Crippen LogP contribution in [-0.4, -0.2) is 31.5 Å². The van der Waals surface area contributed by atoms with Crippen molar-refractivity contribution < 1.29 is 9.18 Å². The molecule has 6 heteroatoms. The van der Waals surface area contributed by atoms with Crippen LogP contribution in [0.25, 0.3) is 11.0 Å². The second-order valence-electron chi connectivity index (χ2n) is 8.10. The SMILES string of the molecule is Cn1c(CCCC(=O)N2CCn3cccc3C2c2ccc(F)cc2)nc2ccccc21. The summed E-state index contributed by atoms with van der Waals surface area (Å²) in [6, 6.07) is 18.4. The minimum absolute atomic E-state index is 0.125. The first-order valence-corrected chi connectivity index (χ1v) is 10.7. The summed E-state index contributed by atoms with van der Waals surface area (Å²) in [6.45, 7) is 1.42. The fourth-order valence-electron chi connectivity index (χ4n) is 4.61. The standard InChI is InChI=1S/C25H25FN4O/c1-28-21-7-3-2-6-20(21)27-23(28)9-4-10-24(31)30-17-16-29-15-5-8-22(29)25(30)18-11-13-19(26)14-12-18/h2-3,5-8,11-15,25H,4,9-10,16-17H2,1H3. The van der Waals surface area contributed by atoms with Crippen LogP contribution >= 0.6 is 0 Å². The number of imidazole rings is 1. The zero-order valence-electron chi connectivity index (χ0n) is 17.5. The highest BCUT2D eigenvalue weighted by atomic mass is 19.1. The molecule has 1 atom stereocenters. The molecule has 0 bridgehead atoms. The lowest BCUT2D eigenvalue weighted by Crippen LogP contribution is -2.42. The number of hydrogen-bond donors (Lipinski definition) is 0. The molecular weight excluding hydrogens is 391 g/mol. The van der Waals surface area contributed by atoms with Gasteiger partial charge in [0.15, 0.2) is 0 Å². The number of para-hydroxylation sites is 2. The highest BCUT2D eigenvalue weighted by molar-refractivity contribution is 5.78. The smallest absolute Gasteiger partial charge is 0.223 e. The monoisotopic (exact) mass is 416 g/mol. The van der Waals surface area contributed by atoms with E-state index in [-0.39, 0.29) is 17.8 Å². The molecule has 4 aromatic rings. The summed E-state index contributed by atoms with van der Waals surface area (Å²) in [5.74, 6) is 0.854. The van der Waals surface area contributed by atoms with E-state index in [0.29, 0.717) is 13.0 Å².